The van der Waals surface area contributed by atoms with Crippen molar-refractivity contribution in [3.05, 3.63) is 102 Å². The maximum absolute atomic E-state index is 13.3. The van der Waals surface area contributed by atoms with E-state index in [2.05, 4.69) is 35.5 Å². The number of carbonyl (C=O) groups is 1. The number of pyridine rings is 1. The molecule has 11 nitrogen and oxygen atoms in total. The first kappa shape index (κ1) is 23.0. The lowest BCUT2D eigenvalue weighted by Crippen LogP contribution is -2.35. The van der Waals surface area contributed by atoms with Crippen LogP contribution < -0.4 is 10.2 Å². The van der Waals surface area contributed by atoms with Crippen molar-refractivity contribution in [2.24, 2.45) is 4.99 Å². The van der Waals surface area contributed by atoms with Crippen molar-refractivity contribution in [1.29, 1.82) is 0 Å². The fraction of sp³-hybridized carbons (Fsp3) is 0.179. The number of anilines is 2. The van der Waals surface area contributed by atoms with Gasteiger partial charge in [-0.3, -0.25) is 9.79 Å². The first-order valence-electron chi connectivity index (χ1n) is 12.6. The van der Waals surface area contributed by atoms with E-state index in [4.69, 9.17) is 9.41 Å². The van der Waals surface area contributed by atoms with Gasteiger partial charge in [0.15, 0.2) is 11.9 Å². The molecule has 0 aliphatic carbocycles. The maximum atomic E-state index is 13.3. The summed E-state index contributed by atoms with van der Waals surface area (Å²) in [7, 11) is 0. The van der Waals surface area contributed by atoms with Gasteiger partial charge in [0, 0.05) is 30.3 Å². The predicted molar refractivity (Wildman–Crippen MR) is 143 cm³/mol. The van der Waals surface area contributed by atoms with E-state index in [0.717, 1.165) is 28.2 Å². The molecule has 2 aromatic carbocycles. The molecule has 0 radical (unpaired) electrons. The average Bonchev–Trinajstić information content (AvgIpc) is 3.62. The minimum absolute atomic E-state index is 0.0902. The van der Waals surface area contributed by atoms with Gasteiger partial charge < -0.3 is 14.6 Å². The average molecular weight is 518 g/mol. The highest BCUT2D eigenvalue weighted by molar-refractivity contribution is 6.16. The number of Topliss-reactive ketones (excluding diaryl/α,β-unsaturated/α-hetero) is 1. The van der Waals surface area contributed by atoms with E-state index >= 15 is 0 Å². The van der Waals surface area contributed by atoms with Crippen LogP contribution in [0.3, 0.4) is 0 Å². The Morgan fingerprint density at radius 1 is 0.897 bits per heavy atom. The zero-order chi connectivity index (χ0) is 26.2. The predicted octanol–water partition coefficient (Wildman–Crippen LogP) is 3.14. The maximum Gasteiger partial charge on any atom is 0.317 e. The topological polar surface area (TPSA) is 127 Å². The Morgan fingerprint density at radius 2 is 1.74 bits per heavy atom. The van der Waals surface area contributed by atoms with Gasteiger partial charge in [-0.25, -0.2) is 14.6 Å². The Bertz CT molecular complexity index is 1690. The van der Waals surface area contributed by atoms with Crippen LogP contribution in [0.15, 0.2) is 88.7 Å². The molecule has 192 valence electrons. The molecule has 0 saturated heterocycles. The van der Waals surface area contributed by atoms with Crippen molar-refractivity contribution >= 4 is 23.3 Å². The third-order valence-corrected chi connectivity index (χ3v) is 6.86. The highest BCUT2D eigenvalue weighted by atomic mass is 16.4. The van der Waals surface area contributed by atoms with E-state index in [1.165, 1.54) is 0 Å². The van der Waals surface area contributed by atoms with Crippen LogP contribution in [0, 0.1) is 0 Å². The summed E-state index contributed by atoms with van der Waals surface area (Å²) >= 11 is 0. The van der Waals surface area contributed by atoms with Gasteiger partial charge in [-0.15, -0.1) is 5.10 Å². The summed E-state index contributed by atoms with van der Waals surface area (Å²) in [6.45, 7) is 1.99. The molecule has 11 heteroatoms. The van der Waals surface area contributed by atoms with Crippen LogP contribution in [-0.4, -0.2) is 54.2 Å². The van der Waals surface area contributed by atoms with Crippen LogP contribution >= 0.6 is 0 Å². The first-order valence-corrected chi connectivity index (χ1v) is 12.6. The van der Waals surface area contributed by atoms with Gasteiger partial charge in [0.05, 0.1) is 24.4 Å². The summed E-state index contributed by atoms with van der Waals surface area (Å²) in [4.78, 5) is 29.2. The molecular formula is C28H23N9O2. The number of rotatable bonds is 5. The number of ketones is 1. The standard InChI is InChI=1S/C28H23N9O2/c38-22-15-19-9-4-5-10-20(19)24(18-7-2-1-3-8-18)32-25(22)33-28-35-34-27(39-28)21-11-6-12-29-26(21)36-13-14-37-23(16-36)30-17-31-37/h1-12,17,25H,13-16H2,(H,33,35)/t25-/m1/s1. The molecule has 7 rings (SSSR count). The third-order valence-electron chi connectivity index (χ3n) is 6.86. The molecule has 1 atom stereocenters. The second-order valence-electron chi connectivity index (χ2n) is 9.30. The number of aliphatic imine (C=N–C) groups is 1. The number of hydrogen-bond acceptors (Lipinski definition) is 10. The zero-order valence-electron chi connectivity index (χ0n) is 20.8. The Hall–Kier alpha value is -5.19. The summed E-state index contributed by atoms with van der Waals surface area (Å²) in [5.74, 6) is 1.79. The zero-order valence-corrected chi connectivity index (χ0v) is 20.8. The van der Waals surface area contributed by atoms with E-state index in [9.17, 15) is 4.79 Å². The van der Waals surface area contributed by atoms with E-state index in [1.54, 1.807) is 12.5 Å². The summed E-state index contributed by atoms with van der Waals surface area (Å²) in [5, 5.41) is 15.8. The normalized spacial score (nSPS) is 16.7. The van der Waals surface area contributed by atoms with E-state index in [0.29, 0.717) is 36.9 Å². The number of nitrogens with one attached hydrogen (secondary N) is 1. The second kappa shape index (κ2) is 9.60. The molecule has 1 N–H and O–H groups in total. The van der Waals surface area contributed by atoms with Gasteiger partial charge in [-0.1, -0.05) is 59.7 Å². The Kier molecular flexibility index (Phi) is 5.65. The van der Waals surface area contributed by atoms with Crippen molar-refractivity contribution in [3.63, 3.8) is 0 Å². The molecule has 0 unspecified atom stereocenters. The van der Waals surface area contributed by atoms with Gasteiger partial charge in [0.2, 0.25) is 0 Å². The van der Waals surface area contributed by atoms with Crippen LogP contribution in [0.5, 0.6) is 0 Å². The largest absolute Gasteiger partial charge is 0.403 e. The lowest BCUT2D eigenvalue weighted by molar-refractivity contribution is -0.119. The van der Waals surface area contributed by atoms with E-state index < -0.39 is 6.17 Å². The molecule has 0 fully saturated rings. The van der Waals surface area contributed by atoms with Gasteiger partial charge in [-0.2, -0.15) is 5.10 Å². The van der Waals surface area contributed by atoms with Crippen molar-refractivity contribution < 1.29 is 9.21 Å². The van der Waals surface area contributed by atoms with Crippen molar-refractivity contribution in [2.45, 2.75) is 25.7 Å². The number of carbonyl (C=O) groups excluding carboxylic acids is 1. The van der Waals surface area contributed by atoms with Crippen LogP contribution in [0.1, 0.15) is 22.5 Å². The van der Waals surface area contributed by atoms with Crippen molar-refractivity contribution in [2.75, 3.05) is 16.8 Å². The Morgan fingerprint density at radius 3 is 2.67 bits per heavy atom. The van der Waals surface area contributed by atoms with Crippen LogP contribution in [0.2, 0.25) is 0 Å². The minimum Gasteiger partial charge on any atom is -0.403 e. The molecule has 3 aromatic heterocycles. The first-order chi connectivity index (χ1) is 19.2. The number of hydrogen-bond donors (Lipinski definition) is 1. The molecule has 0 bridgehead atoms. The Labute approximate surface area is 223 Å². The van der Waals surface area contributed by atoms with Crippen LogP contribution in [-0.2, 0) is 24.3 Å². The van der Waals surface area contributed by atoms with Gasteiger partial charge in [-0.05, 0) is 17.7 Å². The number of aromatic nitrogens is 6. The molecule has 0 spiro atoms. The fourth-order valence-corrected chi connectivity index (χ4v) is 4.97. The summed E-state index contributed by atoms with van der Waals surface area (Å²) in [5.41, 5.74) is 4.22. The highest BCUT2D eigenvalue weighted by Gasteiger charge is 2.28. The summed E-state index contributed by atoms with van der Waals surface area (Å²) < 4.78 is 7.90. The minimum atomic E-state index is -0.886. The third kappa shape index (κ3) is 4.33. The smallest absolute Gasteiger partial charge is 0.317 e. The molecule has 5 heterocycles. The second-order valence-corrected chi connectivity index (χ2v) is 9.30. The molecule has 0 saturated carbocycles. The molecule has 2 aliphatic rings. The lowest BCUT2D eigenvalue weighted by Gasteiger charge is -2.28. The van der Waals surface area contributed by atoms with Gasteiger partial charge >= 0.3 is 6.01 Å². The van der Waals surface area contributed by atoms with Crippen LogP contribution in [0.4, 0.5) is 11.8 Å². The molecule has 5 aromatic rings. The highest BCUT2D eigenvalue weighted by Crippen LogP contribution is 2.31. The molecule has 2 aliphatic heterocycles. The monoisotopic (exact) mass is 517 g/mol. The number of nitrogens with zero attached hydrogens (tertiary/aromatic N) is 8. The summed E-state index contributed by atoms with van der Waals surface area (Å²) in [6.07, 6.45) is 2.64. The molecule has 39 heavy (non-hydrogen) atoms. The van der Waals surface area contributed by atoms with Gasteiger partial charge in [0.25, 0.3) is 5.89 Å². The Balaban J connectivity index is 1.19. The number of fused-ring (bicyclic) bond motifs is 2. The molecule has 0 amide bonds. The van der Waals surface area contributed by atoms with E-state index in [-0.39, 0.29) is 18.2 Å². The van der Waals surface area contributed by atoms with Gasteiger partial charge in [0.1, 0.15) is 18.0 Å². The molecular weight excluding hydrogens is 494 g/mol. The van der Waals surface area contributed by atoms with Crippen molar-refractivity contribution in [3.8, 4) is 11.5 Å². The summed E-state index contributed by atoms with van der Waals surface area (Å²) in [6, 6.07) is 21.5. The van der Waals surface area contributed by atoms with Crippen LogP contribution in [0.25, 0.3) is 11.5 Å². The van der Waals surface area contributed by atoms with E-state index in [1.807, 2.05) is 71.4 Å². The lowest BCUT2D eigenvalue weighted by atomic mass is 9.96. The quantitative estimate of drug-likeness (QED) is 0.374. The fourth-order valence-electron chi connectivity index (χ4n) is 4.97. The number of benzene rings is 2. The van der Waals surface area contributed by atoms with Crippen molar-refractivity contribution in [1.82, 2.24) is 29.9 Å². The SMILES string of the molecule is O=C1Cc2ccccc2C(c2ccccc2)=N[C@@H]1Nc1nnc(-c2cccnc2N2CCn3ncnc3C2)o1.